The van der Waals surface area contributed by atoms with Gasteiger partial charge in [-0.25, -0.2) is 0 Å². The van der Waals surface area contributed by atoms with Gasteiger partial charge in [-0.15, -0.1) is 21.5 Å². The molecule has 0 spiro atoms. The third kappa shape index (κ3) is 6.03. The monoisotopic (exact) mass is 631 g/mol. The molecule has 0 aliphatic heterocycles. The zero-order chi connectivity index (χ0) is 31.5. The SMILES string of the molecule is CCc1cc(C(=O)c2ccccc2Cl)c(-n2c(CNC(=O)c3c(CC)c4ccccc4n3CC(=O)[O-])nnc2CN(C)C)s1. The maximum atomic E-state index is 13.8. The minimum absolute atomic E-state index is 0.0195. The summed E-state index contributed by atoms with van der Waals surface area (Å²) in [4.78, 5) is 42.2. The number of benzene rings is 2. The smallest absolute Gasteiger partial charge is 0.268 e. The van der Waals surface area contributed by atoms with Crippen molar-refractivity contribution in [2.24, 2.45) is 0 Å². The number of hydrogen-bond acceptors (Lipinski definition) is 8. The average molecular weight is 632 g/mol. The highest BCUT2D eigenvalue weighted by Gasteiger charge is 2.26. The van der Waals surface area contributed by atoms with E-state index >= 15 is 0 Å². The fourth-order valence-corrected chi connectivity index (χ4v) is 6.70. The number of carboxylic acids is 1. The molecule has 3 heterocycles. The number of nitrogens with zero attached hydrogens (tertiary/aromatic N) is 5. The van der Waals surface area contributed by atoms with Crippen molar-refractivity contribution in [1.29, 1.82) is 0 Å². The van der Waals surface area contributed by atoms with Crippen LogP contribution in [0.2, 0.25) is 5.02 Å². The Bertz CT molecular complexity index is 1870. The molecule has 0 radical (unpaired) electrons. The number of aromatic nitrogens is 4. The number of aryl methyl sites for hydroxylation is 2. The lowest BCUT2D eigenvalue weighted by atomic mass is 10.0. The number of aliphatic carboxylic acids is 1. The van der Waals surface area contributed by atoms with E-state index in [2.05, 4.69) is 15.5 Å². The molecular formula is C32H32ClN6O4S-. The van der Waals surface area contributed by atoms with Crippen LogP contribution < -0.4 is 10.4 Å². The topological polar surface area (TPSA) is 125 Å². The Balaban J connectivity index is 1.57. The predicted molar refractivity (Wildman–Crippen MR) is 168 cm³/mol. The Labute approximate surface area is 263 Å². The zero-order valence-corrected chi connectivity index (χ0v) is 26.5. The van der Waals surface area contributed by atoms with Gasteiger partial charge in [0, 0.05) is 21.3 Å². The summed E-state index contributed by atoms with van der Waals surface area (Å²) in [6.45, 7) is 3.89. The highest BCUT2D eigenvalue weighted by atomic mass is 35.5. The van der Waals surface area contributed by atoms with Gasteiger partial charge in [-0.2, -0.15) is 0 Å². The van der Waals surface area contributed by atoms with E-state index in [1.54, 1.807) is 36.4 Å². The molecule has 5 aromatic rings. The fourth-order valence-electron chi connectivity index (χ4n) is 5.34. The highest BCUT2D eigenvalue weighted by molar-refractivity contribution is 7.15. The molecule has 0 fully saturated rings. The van der Waals surface area contributed by atoms with Gasteiger partial charge in [0.2, 0.25) is 0 Å². The van der Waals surface area contributed by atoms with Crippen molar-refractivity contribution in [1.82, 2.24) is 29.5 Å². The number of hydrogen-bond donors (Lipinski definition) is 1. The number of nitrogens with one attached hydrogen (secondary N) is 1. The van der Waals surface area contributed by atoms with E-state index in [4.69, 9.17) is 11.6 Å². The molecule has 0 saturated carbocycles. The second-order valence-corrected chi connectivity index (χ2v) is 12.1. The largest absolute Gasteiger partial charge is 0.548 e. The molecule has 0 aliphatic carbocycles. The van der Waals surface area contributed by atoms with Gasteiger partial charge in [0.05, 0.1) is 36.2 Å². The lowest BCUT2D eigenvalue weighted by Crippen LogP contribution is -2.32. The Morgan fingerprint density at radius 1 is 0.977 bits per heavy atom. The van der Waals surface area contributed by atoms with E-state index in [1.165, 1.54) is 15.9 Å². The molecule has 0 atom stereocenters. The molecule has 44 heavy (non-hydrogen) atoms. The lowest BCUT2D eigenvalue weighted by Gasteiger charge is -2.15. The number of fused-ring (bicyclic) bond motifs is 1. The van der Waals surface area contributed by atoms with Crippen molar-refractivity contribution < 1.29 is 19.5 Å². The minimum Gasteiger partial charge on any atom is -0.548 e. The summed E-state index contributed by atoms with van der Waals surface area (Å²) in [5.41, 5.74) is 2.50. The fraction of sp³-hybridized carbons (Fsp3) is 0.281. The van der Waals surface area contributed by atoms with Crippen molar-refractivity contribution in [3.05, 3.63) is 98.5 Å². The number of carbonyl (C=O) groups excluding carboxylic acids is 3. The number of para-hydroxylation sites is 1. The third-order valence-corrected chi connectivity index (χ3v) is 8.87. The van der Waals surface area contributed by atoms with Crippen LogP contribution in [0.5, 0.6) is 0 Å². The van der Waals surface area contributed by atoms with Gasteiger partial charge in [-0.3, -0.25) is 14.2 Å². The number of halogens is 1. The third-order valence-electron chi connectivity index (χ3n) is 7.27. The van der Waals surface area contributed by atoms with Crippen LogP contribution >= 0.6 is 22.9 Å². The van der Waals surface area contributed by atoms with E-state index in [-0.39, 0.29) is 18.0 Å². The van der Waals surface area contributed by atoms with Crippen LogP contribution in [0, 0.1) is 0 Å². The van der Waals surface area contributed by atoms with Gasteiger partial charge >= 0.3 is 0 Å². The summed E-state index contributed by atoms with van der Waals surface area (Å²) >= 11 is 7.88. The number of carbonyl (C=O) groups is 3. The van der Waals surface area contributed by atoms with Gasteiger partial charge in [-0.1, -0.05) is 55.8 Å². The maximum Gasteiger partial charge on any atom is 0.268 e. The first-order valence-electron chi connectivity index (χ1n) is 14.2. The van der Waals surface area contributed by atoms with Gasteiger partial charge in [0.25, 0.3) is 5.91 Å². The molecule has 12 heteroatoms. The van der Waals surface area contributed by atoms with E-state index in [9.17, 15) is 19.5 Å². The van der Waals surface area contributed by atoms with Crippen molar-refractivity contribution in [2.45, 2.75) is 46.3 Å². The van der Waals surface area contributed by atoms with Crippen molar-refractivity contribution in [3.8, 4) is 5.00 Å². The molecule has 0 aliphatic rings. The van der Waals surface area contributed by atoms with Gasteiger partial charge in [0.1, 0.15) is 10.7 Å². The van der Waals surface area contributed by atoms with E-state index < -0.39 is 18.4 Å². The Morgan fingerprint density at radius 3 is 2.36 bits per heavy atom. The summed E-state index contributed by atoms with van der Waals surface area (Å²) in [7, 11) is 3.81. The molecule has 1 N–H and O–H groups in total. The number of rotatable bonds is 12. The minimum atomic E-state index is -1.30. The standard InChI is InChI=1S/C32H33ClN6O4S/c1-5-19-15-23(30(42)22-12-7-9-13-24(22)33)32(44-19)39-26(35-36-27(39)17-37(3)4)16-34-31(43)29-20(6-2)21-11-8-10-14-25(21)38(29)18-28(40)41/h7-15H,5-6,16-18H2,1-4H3,(H,34,43)(H,40,41)/p-1. The van der Waals surface area contributed by atoms with Crippen LogP contribution in [0.25, 0.3) is 15.9 Å². The average Bonchev–Trinajstić information content (AvgIpc) is 3.68. The summed E-state index contributed by atoms with van der Waals surface area (Å²) in [5.74, 6) is -0.947. The number of amides is 1. The van der Waals surface area contributed by atoms with Gasteiger partial charge in [0.15, 0.2) is 17.4 Å². The van der Waals surface area contributed by atoms with Crippen LogP contribution in [0.15, 0.2) is 54.6 Å². The maximum absolute atomic E-state index is 13.8. The first-order chi connectivity index (χ1) is 21.1. The van der Waals surface area contributed by atoms with Crippen LogP contribution in [-0.2, 0) is 37.3 Å². The number of thiophene rings is 1. The second kappa shape index (κ2) is 13.1. The molecule has 228 valence electrons. The molecule has 1 amide bonds. The van der Waals surface area contributed by atoms with Crippen LogP contribution in [0.1, 0.15) is 62.3 Å². The molecule has 0 bridgehead atoms. The highest BCUT2D eigenvalue weighted by Crippen LogP contribution is 2.33. The Hall–Kier alpha value is -4.32. The summed E-state index contributed by atoms with van der Waals surface area (Å²) in [6, 6.07) is 16.1. The van der Waals surface area contributed by atoms with Crippen LogP contribution in [0.3, 0.4) is 0 Å². The lowest BCUT2D eigenvalue weighted by molar-refractivity contribution is -0.306. The quantitative estimate of drug-likeness (QED) is 0.206. The predicted octanol–water partition coefficient (Wildman–Crippen LogP) is 4.03. The van der Waals surface area contributed by atoms with Crippen molar-refractivity contribution in [3.63, 3.8) is 0 Å². The molecular weight excluding hydrogens is 600 g/mol. The molecule has 0 saturated heterocycles. The van der Waals surface area contributed by atoms with E-state index in [1.807, 2.05) is 55.6 Å². The second-order valence-electron chi connectivity index (χ2n) is 10.5. The first kappa shape index (κ1) is 31.1. The summed E-state index contributed by atoms with van der Waals surface area (Å²) in [5, 5.41) is 25.3. The van der Waals surface area contributed by atoms with Gasteiger partial charge < -0.3 is 24.7 Å². The molecule has 3 aromatic heterocycles. The summed E-state index contributed by atoms with van der Waals surface area (Å²) < 4.78 is 3.31. The molecule has 5 rings (SSSR count). The first-order valence-corrected chi connectivity index (χ1v) is 15.4. The Kier molecular flexibility index (Phi) is 9.28. The van der Waals surface area contributed by atoms with Crippen molar-refractivity contribution in [2.75, 3.05) is 14.1 Å². The van der Waals surface area contributed by atoms with Crippen LogP contribution in [0.4, 0.5) is 0 Å². The summed E-state index contributed by atoms with van der Waals surface area (Å²) in [6.07, 6.45) is 1.24. The molecule has 0 unspecified atom stereocenters. The Morgan fingerprint density at radius 2 is 1.68 bits per heavy atom. The molecule has 10 nitrogen and oxygen atoms in total. The molecule has 2 aromatic carbocycles. The number of carboxylic acid groups (broad SMARTS) is 1. The van der Waals surface area contributed by atoms with Gasteiger partial charge in [-0.05, 0) is 56.8 Å². The van der Waals surface area contributed by atoms with Crippen molar-refractivity contribution >= 4 is 51.5 Å². The van der Waals surface area contributed by atoms with E-state index in [0.29, 0.717) is 57.7 Å². The number of ketones is 1. The van der Waals surface area contributed by atoms with Crippen LogP contribution in [-0.4, -0.2) is 56.0 Å². The zero-order valence-electron chi connectivity index (χ0n) is 24.9. The van der Waals surface area contributed by atoms with E-state index in [0.717, 1.165) is 15.8 Å². The normalized spacial score (nSPS) is 11.4.